The van der Waals surface area contributed by atoms with Crippen molar-refractivity contribution in [2.24, 2.45) is 0 Å². The van der Waals surface area contributed by atoms with Crippen molar-refractivity contribution in [3.63, 3.8) is 0 Å². The normalized spacial score (nSPS) is 20.1. The molecule has 1 heterocycles. The number of nitrogen functional groups attached to an aromatic ring is 1. The number of nitrogens with zero attached hydrogens (tertiary/aromatic N) is 1. The Kier molecular flexibility index (Phi) is 4.63. The van der Waals surface area contributed by atoms with E-state index in [0.29, 0.717) is 12.3 Å². The van der Waals surface area contributed by atoms with Crippen molar-refractivity contribution in [3.8, 4) is 5.75 Å². The van der Waals surface area contributed by atoms with E-state index in [9.17, 15) is 4.79 Å². The number of carbonyl (C=O) groups is 1. The average Bonchev–Trinajstić information content (AvgIpc) is 2.39. The molecule has 2 rings (SSSR count). The number of rotatable bonds is 5. The molecule has 0 aromatic heterocycles. The van der Waals surface area contributed by atoms with Crippen LogP contribution in [0.3, 0.4) is 0 Å². The number of piperazine rings is 1. The number of benzene rings is 1. The Hall–Kier alpha value is -1.75. The third kappa shape index (κ3) is 3.86. The highest BCUT2D eigenvalue weighted by atomic mass is 16.5. The number of hydrogen-bond acceptors (Lipinski definition) is 4. The van der Waals surface area contributed by atoms with Gasteiger partial charge in [-0.25, -0.2) is 0 Å². The van der Waals surface area contributed by atoms with E-state index in [1.54, 1.807) is 0 Å². The maximum absolute atomic E-state index is 11.5. The predicted molar refractivity (Wildman–Crippen MR) is 75.0 cm³/mol. The lowest BCUT2D eigenvalue weighted by Gasteiger charge is -2.32. The first-order valence-electron chi connectivity index (χ1n) is 6.67. The maximum Gasteiger partial charge on any atom is 0.237 e. The van der Waals surface area contributed by atoms with Gasteiger partial charge in [-0.2, -0.15) is 0 Å². The summed E-state index contributed by atoms with van der Waals surface area (Å²) in [6.07, 6.45) is 0.895. The van der Waals surface area contributed by atoms with Gasteiger partial charge in [0, 0.05) is 31.4 Å². The molecule has 19 heavy (non-hydrogen) atoms. The van der Waals surface area contributed by atoms with Gasteiger partial charge in [0.25, 0.3) is 0 Å². The van der Waals surface area contributed by atoms with Crippen LogP contribution in [-0.4, -0.2) is 43.1 Å². The fourth-order valence-corrected chi connectivity index (χ4v) is 2.20. The van der Waals surface area contributed by atoms with Gasteiger partial charge in [0.15, 0.2) is 0 Å². The Bertz CT molecular complexity index is 436. The van der Waals surface area contributed by atoms with E-state index in [1.165, 1.54) is 0 Å². The van der Waals surface area contributed by atoms with Crippen molar-refractivity contribution >= 4 is 11.6 Å². The van der Waals surface area contributed by atoms with Crippen molar-refractivity contribution in [2.75, 3.05) is 32.0 Å². The molecular formula is C14H21N3O2. The third-order valence-corrected chi connectivity index (χ3v) is 3.34. The molecule has 1 atom stereocenters. The molecule has 1 aliphatic rings. The average molecular weight is 263 g/mol. The van der Waals surface area contributed by atoms with Gasteiger partial charge in [0.05, 0.1) is 12.6 Å². The molecule has 0 spiro atoms. The molecule has 3 N–H and O–H groups in total. The van der Waals surface area contributed by atoms with E-state index in [4.69, 9.17) is 10.5 Å². The van der Waals surface area contributed by atoms with Gasteiger partial charge >= 0.3 is 0 Å². The van der Waals surface area contributed by atoms with E-state index in [1.807, 2.05) is 31.2 Å². The first kappa shape index (κ1) is 13.7. The number of ether oxygens (including phenoxy) is 1. The number of nitrogens with one attached hydrogen (secondary N) is 1. The van der Waals surface area contributed by atoms with Gasteiger partial charge in [-0.3, -0.25) is 9.69 Å². The molecule has 0 radical (unpaired) electrons. The Morgan fingerprint density at radius 3 is 3.16 bits per heavy atom. The summed E-state index contributed by atoms with van der Waals surface area (Å²) in [4.78, 5) is 13.7. The zero-order valence-corrected chi connectivity index (χ0v) is 11.3. The topological polar surface area (TPSA) is 67.6 Å². The van der Waals surface area contributed by atoms with E-state index >= 15 is 0 Å². The largest absolute Gasteiger partial charge is 0.493 e. The second kappa shape index (κ2) is 6.43. The Morgan fingerprint density at radius 1 is 1.53 bits per heavy atom. The van der Waals surface area contributed by atoms with Crippen molar-refractivity contribution in [1.29, 1.82) is 0 Å². The summed E-state index contributed by atoms with van der Waals surface area (Å²) in [5.74, 6) is 0.910. The van der Waals surface area contributed by atoms with E-state index < -0.39 is 0 Å². The zero-order valence-electron chi connectivity index (χ0n) is 11.3. The van der Waals surface area contributed by atoms with Gasteiger partial charge in [-0.15, -0.1) is 0 Å². The van der Waals surface area contributed by atoms with Crippen molar-refractivity contribution in [2.45, 2.75) is 19.4 Å². The van der Waals surface area contributed by atoms with Crippen LogP contribution in [0.15, 0.2) is 24.3 Å². The van der Waals surface area contributed by atoms with Gasteiger partial charge in [-0.05, 0) is 25.5 Å². The summed E-state index contributed by atoms with van der Waals surface area (Å²) < 4.78 is 5.63. The first-order valence-corrected chi connectivity index (χ1v) is 6.67. The Labute approximate surface area is 113 Å². The lowest BCUT2D eigenvalue weighted by molar-refractivity contribution is -0.128. The standard InChI is InChI=1S/C14H21N3O2/c1-11-14(18)16-6-8-17(11)7-3-9-19-13-5-2-4-12(15)10-13/h2,4-5,10-11H,3,6-9,15H2,1H3,(H,16,18). The Morgan fingerprint density at radius 2 is 2.37 bits per heavy atom. The van der Waals surface area contributed by atoms with Crippen LogP contribution in [0.1, 0.15) is 13.3 Å². The van der Waals surface area contributed by atoms with E-state index in [2.05, 4.69) is 10.2 Å². The number of carbonyl (C=O) groups excluding carboxylic acids is 1. The third-order valence-electron chi connectivity index (χ3n) is 3.34. The van der Waals surface area contributed by atoms with Crippen molar-refractivity contribution in [1.82, 2.24) is 10.2 Å². The minimum atomic E-state index is -0.0406. The smallest absolute Gasteiger partial charge is 0.237 e. The molecule has 1 fully saturated rings. The van der Waals surface area contributed by atoms with Crippen LogP contribution in [0.2, 0.25) is 0 Å². The summed E-state index contributed by atoms with van der Waals surface area (Å²) >= 11 is 0. The van der Waals surface area contributed by atoms with Gasteiger partial charge in [-0.1, -0.05) is 6.07 Å². The lowest BCUT2D eigenvalue weighted by Crippen LogP contribution is -2.54. The van der Waals surface area contributed by atoms with E-state index in [0.717, 1.165) is 31.8 Å². The van der Waals surface area contributed by atoms with Crippen LogP contribution < -0.4 is 15.8 Å². The summed E-state index contributed by atoms with van der Waals surface area (Å²) in [7, 11) is 0. The molecule has 1 amide bonds. The molecule has 0 aliphatic carbocycles. The number of anilines is 1. The minimum Gasteiger partial charge on any atom is -0.493 e. The molecule has 5 heteroatoms. The second-order valence-corrected chi connectivity index (χ2v) is 4.78. The summed E-state index contributed by atoms with van der Waals surface area (Å²) in [5.41, 5.74) is 6.39. The predicted octanol–water partition coefficient (Wildman–Crippen LogP) is 0.858. The highest BCUT2D eigenvalue weighted by Gasteiger charge is 2.24. The SMILES string of the molecule is CC1C(=O)NCCN1CCCOc1cccc(N)c1. The quantitative estimate of drug-likeness (QED) is 0.611. The molecule has 104 valence electrons. The summed E-state index contributed by atoms with van der Waals surface area (Å²) in [6.45, 7) is 5.09. The maximum atomic E-state index is 11.5. The van der Waals surface area contributed by atoms with Gasteiger partial charge < -0.3 is 15.8 Å². The molecule has 1 aliphatic heterocycles. The van der Waals surface area contributed by atoms with Crippen LogP contribution in [0.25, 0.3) is 0 Å². The molecule has 0 bridgehead atoms. The van der Waals surface area contributed by atoms with Crippen LogP contribution in [0.4, 0.5) is 5.69 Å². The minimum absolute atomic E-state index is 0.0406. The number of amides is 1. The summed E-state index contributed by atoms with van der Waals surface area (Å²) in [6, 6.07) is 7.38. The molecule has 1 unspecified atom stereocenters. The number of nitrogens with two attached hydrogens (primary N) is 1. The lowest BCUT2D eigenvalue weighted by atomic mass is 10.2. The monoisotopic (exact) mass is 263 g/mol. The van der Waals surface area contributed by atoms with Crippen LogP contribution >= 0.6 is 0 Å². The highest BCUT2D eigenvalue weighted by Crippen LogP contribution is 2.14. The van der Waals surface area contributed by atoms with Crippen LogP contribution in [0.5, 0.6) is 5.75 Å². The molecule has 1 aromatic carbocycles. The molecule has 1 saturated heterocycles. The molecule has 0 saturated carbocycles. The molecule has 1 aromatic rings. The fraction of sp³-hybridized carbons (Fsp3) is 0.500. The zero-order chi connectivity index (χ0) is 13.7. The highest BCUT2D eigenvalue weighted by molar-refractivity contribution is 5.81. The first-order chi connectivity index (χ1) is 9.16. The number of hydrogen-bond donors (Lipinski definition) is 2. The fourth-order valence-electron chi connectivity index (χ4n) is 2.20. The summed E-state index contributed by atoms with van der Waals surface area (Å²) in [5, 5.41) is 2.86. The van der Waals surface area contributed by atoms with E-state index in [-0.39, 0.29) is 11.9 Å². The second-order valence-electron chi connectivity index (χ2n) is 4.78. The molecule has 5 nitrogen and oxygen atoms in total. The van der Waals surface area contributed by atoms with Crippen LogP contribution in [-0.2, 0) is 4.79 Å². The Balaban J connectivity index is 1.70. The van der Waals surface area contributed by atoms with Crippen molar-refractivity contribution in [3.05, 3.63) is 24.3 Å². The van der Waals surface area contributed by atoms with Gasteiger partial charge in [0.1, 0.15) is 5.75 Å². The van der Waals surface area contributed by atoms with Gasteiger partial charge in [0.2, 0.25) is 5.91 Å². The molecular weight excluding hydrogens is 242 g/mol. The van der Waals surface area contributed by atoms with Crippen molar-refractivity contribution < 1.29 is 9.53 Å². The van der Waals surface area contributed by atoms with Crippen LogP contribution in [0, 0.1) is 0 Å².